The third-order valence-electron chi connectivity index (χ3n) is 6.20. The number of aromatic nitrogens is 3. The summed E-state index contributed by atoms with van der Waals surface area (Å²) < 4.78 is 51.0. The van der Waals surface area contributed by atoms with E-state index in [1.165, 1.54) is 51.6 Å². The number of nitrogens with zero attached hydrogens (tertiary/aromatic N) is 4. The molecule has 0 radical (unpaired) electrons. The van der Waals surface area contributed by atoms with Crippen LogP contribution in [-0.2, 0) is 51.9 Å². The molecule has 0 aromatic carbocycles. The van der Waals surface area contributed by atoms with Gasteiger partial charge in [0.25, 0.3) is 0 Å². The molecule has 0 aliphatic carbocycles. The number of nitrogen functional groups attached to an aromatic ring is 1. The Labute approximate surface area is 242 Å². The molecule has 0 fully saturated rings. The number of nitriles is 1. The number of carbonyl (C=O) groups excluding carboxylic acids is 3. The molecular formula is C24H34N6O11P+. The zero-order chi connectivity index (χ0) is 31.6. The second-order valence-electron chi connectivity index (χ2n) is 8.78. The van der Waals surface area contributed by atoms with Crippen LogP contribution >= 0.6 is 8.18 Å². The van der Waals surface area contributed by atoms with Gasteiger partial charge in [-0.25, -0.2) is 19.1 Å². The lowest BCUT2D eigenvalue weighted by molar-refractivity contribution is -0.202. The standard InChI is InChI=1S/C24H34N6O11P/c1-13(21(31)37-6)29-42(34)39-11-24(10-25,38-7)19(41-23(33)15(3)36-5)18(40-22(32)14(2)35-4)16-8-9-17-20(26)27-12-28-30(16)17/h8-9,12-15,18-19H,11H2,1-7H3,(H,29,34)(H2,26,27,28)/q+1/t13-,14+,15+,18-,19-,24+/m0/s1. The van der Waals surface area contributed by atoms with Crippen molar-refractivity contribution in [2.75, 3.05) is 40.8 Å². The predicted molar refractivity (Wildman–Crippen MR) is 143 cm³/mol. The molecular weight excluding hydrogens is 579 g/mol. The molecule has 230 valence electrons. The summed E-state index contributed by atoms with van der Waals surface area (Å²) in [5.74, 6) is -2.50. The lowest BCUT2D eigenvalue weighted by Gasteiger charge is -2.36. The Bertz CT molecular complexity index is 1320. The van der Waals surface area contributed by atoms with Gasteiger partial charge in [0.2, 0.25) is 5.60 Å². The Morgan fingerprint density at radius 2 is 1.69 bits per heavy atom. The van der Waals surface area contributed by atoms with Crippen molar-refractivity contribution >= 4 is 37.4 Å². The maximum atomic E-state index is 13.0. The molecule has 2 aromatic rings. The fraction of sp³-hybridized carbons (Fsp3) is 0.583. The molecule has 42 heavy (non-hydrogen) atoms. The number of ether oxygens (including phenoxy) is 6. The van der Waals surface area contributed by atoms with E-state index in [1.807, 2.05) is 6.07 Å². The van der Waals surface area contributed by atoms with Crippen LogP contribution in [0, 0.1) is 11.3 Å². The zero-order valence-corrected chi connectivity index (χ0v) is 25.0. The molecule has 1 unspecified atom stereocenters. The van der Waals surface area contributed by atoms with Gasteiger partial charge in [-0.3, -0.25) is 4.79 Å². The summed E-state index contributed by atoms with van der Waals surface area (Å²) in [6.07, 6.45) is -4.46. The van der Waals surface area contributed by atoms with Crippen molar-refractivity contribution in [1.29, 1.82) is 5.26 Å². The first-order valence-corrected chi connectivity index (χ1v) is 13.5. The Kier molecular flexibility index (Phi) is 12.7. The summed E-state index contributed by atoms with van der Waals surface area (Å²) in [5, 5.41) is 16.9. The number of hydrogen-bond donors (Lipinski definition) is 2. The number of fused-ring (bicyclic) bond motifs is 1. The van der Waals surface area contributed by atoms with E-state index in [4.69, 9.17) is 33.9 Å². The Morgan fingerprint density at radius 1 is 1.07 bits per heavy atom. The molecule has 18 heteroatoms. The molecule has 0 saturated carbocycles. The van der Waals surface area contributed by atoms with Gasteiger partial charge in [-0.05, 0) is 37.5 Å². The van der Waals surface area contributed by atoms with Crippen LogP contribution in [0.2, 0.25) is 0 Å². The van der Waals surface area contributed by atoms with E-state index in [9.17, 15) is 24.2 Å². The second kappa shape index (κ2) is 15.4. The number of esters is 3. The molecule has 0 aliphatic heterocycles. The third-order valence-corrected chi connectivity index (χ3v) is 7.16. The van der Waals surface area contributed by atoms with Crippen molar-refractivity contribution in [2.24, 2.45) is 0 Å². The maximum absolute atomic E-state index is 13.0. The van der Waals surface area contributed by atoms with Gasteiger partial charge in [0.05, 0.1) is 12.8 Å². The van der Waals surface area contributed by atoms with Crippen molar-refractivity contribution in [2.45, 2.75) is 56.8 Å². The first-order valence-electron chi connectivity index (χ1n) is 12.3. The van der Waals surface area contributed by atoms with Crippen LogP contribution in [0.5, 0.6) is 0 Å². The predicted octanol–water partition coefficient (Wildman–Crippen LogP) is 0.611. The van der Waals surface area contributed by atoms with Gasteiger partial charge in [0.15, 0.2) is 36.8 Å². The minimum atomic E-state index is -2.79. The van der Waals surface area contributed by atoms with Gasteiger partial charge < -0.3 is 34.2 Å². The monoisotopic (exact) mass is 613 g/mol. The van der Waals surface area contributed by atoms with E-state index >= 15 is 0 Å². The average Bonchev–Trinajstić information content (AvgIpc) is 3.43. The summed E-state index contributed by atoms with van der Waals surface area (Å²) in [7, 11) is 2.01. The summed E-state index contributed by atoms with van der Waals surface area (Å²) >= 11 is 0. The molecule has 0 amide bonds. The number of nitrogens with two attached hydrogens (primary N) is 1. The van der Waals surface area contributed by atoms with E-state index < -0.39 is 68.8 Å². The van der Waals surface area contributed by atoms with Crippen molar-refractivity contribution in [1.82, 2.24) is 19.7 Å². The fourth-order valence-electron chi connectivity index (χ4n) is 3.48. The maximum Gasteiger partial charge on any atom is 0.613 e. The molecule has 2 heterocycles. The number of methoxy groups -OCH3 is 4. The molecule has 0 aliphatic rings. The van der Waals surface area contributed by atoms with Gasteiger partial charge in [-0.15, -0.1) is 4.52 Å². The van der Waals surface area contributed by atoms with E-state index in [0.717, 1.165) is 20.5 Å². The van der Waals surface area contributed by atoms with Crippen LogP contribution in [0.4, 0.5) is 5.82 Å². The number of nitrogens with one attached hydrogen (secondary N) is 1. The van der Waals surface area contributed by atoms with Crippen LogP contribution in [0.25, 0.3) is 5.52 Å². The normalized spacial score (nSPS) is 16.7. The third kappa shape index (κ3) is 7.94. The number of hydrogen-bond acceptors (Lipinski definition) is 15. The first kappa shape index (κ1) is 34.4. The van der Waals surface area contributed by atoms with Crippen LogP contribution in [-0.4, -0.2) is 97.5 Å². The van der Waals surface area contributed by atoms with E-state index in [2.05, 4.69) is 19.9 Å². The lowest BCUT2D eigenvalue weighted by atomic mass is 9.92. The molecule has 7 atom stereocenters. The van der Waals surface area contributed by atoms with Crippen molar-refractivity contribution in [3.05, 3.63) is 24.2 Å². The van der Waals surface area contributed by atoms with Gasteiger partial charge in [-0.2, -0.15) is 10.4 Å². The quantitative estimate of drug-likeness (QED) is 0.150. The minimum absolute atomic E-state index is 0.0811. The minimum Gasteiger partial charge on any atom is -0.468 e. The zero-order valence-electron chi connectivity index (χ0n) is 24.1. The molecule has 0 bridgehead atoms. The highest BCUT2D eigenvalue weighted by Gasteiger charge is 2.53. The molecule has 2 aromatic heterocycles. The number of carbonyl (C=O) groups is 3. The summed E-state index contributed by atoms with van der Waals surface area (Å²) in [4.78, 5) is 41.7. The highest BCUT2D eigenvalue weighted by atomic mass is 31.1. The van der Waals surface area contributed by atoms with Crippen LogP contribution in [0.15, 0.2) is 18.5 Å². The first-order chi connectivity index (χ1) is 19.9. The lowest BCUT2D eigenvalue weighted by Crippen LogP contribution is -2.54. The summed E-state index contributed by atoms with van der Waals surface area (Å²) in [5.41, 5.74) is 4.11. The molecule has 3 N–H and O–H groups in total. The van der Waals surface area contributed by atoms with Gasteiger partial charge in [0, 0.05) is 21.3 Å². The second-order valence-corrected chi connectivity index (χ2v) is 9.81. The highest BCUT2D eigenvalue weighted by Crippen LogP contribution is 2.36. The van der Waals surface area contributed by atoms with Gasteiger partial charge >= 0.3 is 26.1 Å². The average molecular weight is 614 g/mol. The van der Waals surface area contributed by atoms with Crippen molar-refractivity contribution < 1.29 is 51.9 Å². The van der Waals surface area contributed by atoms with Crippen molar-refractivity contribution in [3.8, 4) is 6.07 Å². The van der Waals surface area contributed by atoms with E-state index in [1.54, 1.807) is 0 Å². The Balaban J connectivity index is 2.68. The highest BCUT2D eigenvalue weighted by molar-refractivity contribution is 7.36. The van der Waals surface area contributed by atoms with Gasteiger partial charge in [0.1, 0.15) is 24.0 Å². The van der Waals surface area contributed by atoms with E-state index in [0.29, 0.717) is 5.52 Å². The largest absolute Gasteiger partial charge is 0.613 e. The van der Waals surface area contributed by atoms with Crippen LogP contribution < -0.4 is 10.8 Å². The molecule has 0 spiro atoms. The van der Waals surface area contributed by atoms with Crippen LogP contribution in [0.1, 0.15) is 32.6 Å². The van der Waals surface area contributed by atoms with Crippen LogP contribution in [0.3, 0.4) is 0 Å². The summed E-state index contributed by atoms with van der Waals surface area (Å²) in [6, 6.07) is 3.84. The fourth-order valence-corrected chi connectivity index (χ4v) is 4.29. The number of rotatable bonds is 16. The number of anilines is 1. The molecule has 2 rings (SSSR count). The smallest absolute Gasteiger partial charge is 0.468 e. The molecule has 0 saturated heterocycles. The SMILES string of the molecule is COC(=O)[C@H](C)N[P+](=O)OC[C@@](C#N)(OC)[C@@H](OC(=O)[C@@H](C)OC)[C@@H](OC(=O)[C@@H](C)OC)c1ccc2c(N)ncnn12. The Morgan fingerprint density at radius 3 is 2.24 bits per heavy atom. The van der Waals surface area contributed by atoms with E-state index in [-0.39, 0.29) is 11.5 Å². The Hall–Kier alpha value is -3.78. The summed E-state index contributed by atoms with van der Waals surface area (Å²) in [6.45, 7) is 3.38. The topological polar surface area (TPSA) is 225 Å². The molecule has 17 nitrogen and oxygen atoms in total. The van der Waals surface area contributed by atoms with Crippen molar-refractivity contribution in [3.63, 3.8) is 0 Å². The van der Waals surface area contributed by atoms with Gasteiger partial charge in [-0.1, -0.05) is 5.09 Å².